The van der Waals surface area contributed by atoms with E-state index in [4.69, 9.17) is 10.5 Å². The molecule has 0 aliphatic carbocycles. The van der Waals surface area contributed by atoms with Gasteiger partial charge in [0.2, 0.25) is 5.91 Å². The molecule has 0 atom stereocenters. The molecular weight excluding hydrogens is 226 g/mol. The molecule has 0 saturated carbocycles. The highest BCUT2D eigenvalue weighted by atomic mass is 16.5. The summed E-state index contributed by atoms with van der Waals surface area (Å²) in [5, 5.41) is 0. The van der Waals surface area contributed by atoms with E-state index < -0.39 is 5.41 Å². The number of rotatable bonds is 4. The Morgan fingerprint density at radius 1 is 1.11 bits per heavy atom. The van der Waals surface area contributed by atoms with Crippen LogP contribution in [0.3, 0.4) is 0 Å². The number of benzene rings is 1. The summed E-state index contributed by atoms with van der Waals surface area (Å²) in [6, 6.07) is 7.95. The van der Waals surface area contributed by atoms with Gasteiger partial charge in [0.25, 0.3) is 0 Å². The van der Waals surface area contributed by atoms with Gasteiger partial charge in [-0.25, -0.2) is 0 Å². The molecular formula is C15H23NO2. The second-order valence-corrected chi connectivity index (χ2v) is 6.31. The Kier molecular flexibility index (Phi) is 4.05. The summed E-state index contributed by atoms with van der Waals surface area (Å²) in [6.07, 6.45) is 0. The van der Waals surface area contributed by atoms with Crippen LogP contribution in [0.2, 0.25) is 0 Å². The molecule has 1 rings (SSSR count). The largest absolute Gasteiger partial charge is 0.492 e. The molecule has 0 aromatic heterocycles. The van der Waals surface area contributed by atoms with Gasteiger partial charge in [0.15, 0.2) is 0 Å². The van der Waals surface area contributed by atoms with Crippen LogP contribution in [0.4, 0.5) is 0 Å². The minimum absolute atomic E-state index is 0.130. The Hall–Kier alpha value is -1.51. The molecule has 3 heteroatoms. The van der Waals surface area contributed by atoms with E-state index in [1.54, 1.807) is 13.8 Å². The average molecular weight is 249 g/mol. The third-order valence-electron chi connectivity index (χ3n) is 2.99. The molecule has 0 aliphatic heterocycles. The lowest BCUT2D eigenvalue weighted by Gasteiger charge is -2.22. The van der Waals surface area contributed by atoms with Crippen LogP contribution in [-0.4, -0.2) is 12.5 Å². The highest BCUT2D eigenvalue weighted by Gasteiger charge is 2.25. The van der Waals surface area contributed by atoms with Crippen molar-refractivity contribution in [2.24, 2.45) is 11.1 Å². The van der Waals surface area contributed by atoms with Crippen molar-refractivity contribution in [3.8, 4) is 5.75 Å². The molecule has 1 amide bonds. The fourth-order valence-corrected chi connectivity index (χ4v) is 1.39. The zero-order chi connectivity index (χ0) is 14.0. The van der Waals surface area contributed by atoms with Crippen molar-refractivity contribution in [2.75, 3.05) is 6.61 Å². The van der Waals surface area contributed by atoms with E-state index >= 15 is 0 Å². The topological polar surface area (TPSA) is 52.3 Å². The van der Waals surface area contributed by atoms with Crippen LogP contribution in [-0.2, 0) is 10.2 Å². The normalized spacial score (nSPS) is 12.3. The summed E-state index contributed by atoms with van der Waals surface area (Å²) >= 11 is 0. The first kappa shape index (κ1) is 14.6. The third kappa shape index (κ3) is 3.76. The van der Waals surface area contributed by atoms with Crippen molar-refractivity contribution >= 4 is 5.91 Å². The van der Waals surface area contributed by atoms with E-state index in [0.717, 1.165) is 5.75 Å². The molecule has 1 aromatic carbocycles. The number of carbonyl (C=O) groups is 1. The van der Waals surface area contributed by atoms with Gasteiger partial charge in [0.1, 0.15) is 12.4 Å². The molecule has 0 bridgehead atoms. The van der Waals surface area contributed by atoms with Gasteiger partial charge in [-0.15, -0.1) is 0 Å². The summed E-state index contributed by atoms with van der Waals surface area (Å²) in [5.41, 5.74) is 6.03. The first-order valence-corrected chi connectivity index (χ1v) is 6.16. The monoisotopic (exact) mass is 249 g/mol. The van der Waals surface area contributed by atoms with Gasteiger partial charge >= 0.3 is 0 Å². The van der Waals surface area contributed by atoms with Gasteiger partial charge in [-0.3, -0.25) is 4.79 Å². The van der Waals surface area contributed by atoms with Crippen LogP contribution in [0.1, 0.15) is 40.2 Å². The zero-order valence-corrected chi connectivity index (χ0v) is 11.9. The maximum absolute atomic E-state index is 11.2. The van der Waals surface area contributed by atoms with Gasteiger partial charge in [-0.2, -0.15) is 0 Å². The number of nitrogens with two attached hydrogens (primary N) is 1. The lowest BCUT2D eigenvalue weighted by Crippen LogP contribution is -2.36. The van der Waals surface area contributed by atoms with Gasteiger partial charge < -0.3 is 10.5 Å². The molecule has 3 nitrogen and oxygen atoms in total. The Morgan fingerprint density at radius 3 is 2.00 bits per heavy atom. The van der Waals surface area contributed by atoms with Crippen LogP contribution >= 0.6 is 0 Å². The number of carbonyl (C=O) groups excluding carboxylic acids is 1. The highest BCUT2D eigenvalue weighted by Crippen LogP contribution is 2.25. The Bertz CT molecular complexity index is 413. The molecule has 0 spiro atoms. The summed E-state index contributed by atoms with van der Waals surface area (Å²) in [6.45, 7) is 10.3. The maximum Gasteiger partial charge on any atom is 0.226 e. The van der Waals surface area contributed by atoms with Crippen LogP contribution in [0, 0.1) is 5.41 Å². The zero-order valence-electron chi connectivity index (χ0n) is 11.9. The minimum atomic E-state index is -0.650. The Labute approximate surface area is 109 Å². The Morgan fingerprint density at radius 2 is 1.61 bits per heavy atom. The third-order valence-corrected chi connectivity index (χ3v) is 2.99. The highest BCUT2D eigenvalue weighted by molar-refractivity contribution is 5.80. The second-order valence-electron chi connectivity index (χ2n) is 6.31. The first-order chi connectivity index (χ1) is 8.13. The van der Waals surface area contributed by atoms with Gasteiger partial charge in [0, 0.05) is 0 Å². The van der Waals surface area contributed by atoms with E-state index in [1.165, 1.54) is 5.56 Å². The summed E-state index contributed by atoms with van der Waals surface area (Å²) in [5.74, 6) is 0.408. The van der Waals surface area contributed by atoms with E-state index in [9.17, 15) is 4.79 Å². The van der Waals surface area contributed by atoms with E-state index in [-0.39, 0.29) is 17.9 Å². The maximum atomic E-state index is 11.2. The second kappa shape index (κ2) is 5.01. The molecule has 2 N–H and O–H groups in total. The van der Waals surface area contributed by atoms with E-state index in [0.29, 0.717) is 0 Å². The molecule has 18 heavy (non-hydrogen) atoms. The van der Waals surface area contributed by atoms with Crippen LogP contribution in [0.25, 0.3) is 0 Å². The molecule has 100 valence electrons. The number of ether oxygens (including phenoxy) is 1. The molecule has 0 fully saturated rings. The number of amides is 1. The summed E-state index contributed by atoms with van der Waals surface area (Å²) < 4.78 is 5.60. The van der Waals surface area contributed by atoms with Crippen molar-refractivity contribution in [1.29, 1.82) is 0 Å². The van der Waals surface area contributed by atoms with Gasteiger partial charge in [-0.1, -0.05) is 32.9 Å². The van der Waals surface area contributed by atoms with Crippen molar-refractivity contribution in [2.45, 2.75) is 40.0 Å². The van der Waals surface area contributed by atoms with Crippen molar-refractivity contribution in [1.82, 2.24) is 0 Å². The van der Waals surface area contributed by atoms with Crippen LogP contribution in [0.15, 0.2) is 24.3 Å². The number of hydrogen-bond acceptors (Lipinski definition) is 2. The molecule has 0 aliphatic rings. The van der Waals surface area contributed by atoms with Crippen molar-refractivity contribution in [3.05, 3.63) is 29.8 Å². The summed E-state index contributed by atoms with van der Waals surface area (Å²) in [4.78, 5) is 11.2. The van der Waals surface area contributed by atoms with E-state index in [2.05, 4.69) is 20.8 Å². The quantitative estimate of drug-likeness (QED) is 0.892. The number of hydrogen-bond donors (Lipinski definition) is 1. The Balaban J connectivity index is 2.68. The van der Waals surface area contributed by atoms with Crippen molar-refractivity contribution < 1.29 is 9.53 Å². The van der Waals surface area contributed by atoms with E-state index in [1.807, 2.05) is 24.3 Å². The standard InChI is InChI=1S/C15H23NO2/c1-14(2,3)11-6-8-12(9-7-11)18-10-15(4,5)13(16)17/h6-9H,10H2,1-5H3,(H2,16,17). The smallest absolute Gasteiger partial charge is 0.226 e. The molecule has 0 unspecified atom stereocenters. The molecule has 0 saturated heterocycles. The molecule has 0 heterocycles. The average Bonchev–Trinajstić information content (AvgIpc) is 2.25. The molecule has 0 radical (unpaired) electrons. The van der Waals surface area contributed by atoms with Gasteiger partial charge in [-0.05, 0) is 37.0 Å². The summed E-state index contributed by atoms with van der Waals surface area (Å²) in [7, 11) is 0. The van der Waals surface area contributed by atoms with Crippen LogP contribution in [0.5, 0.6) is 5.75 Å². The predicted molar refractivity (Wildman–Crippen MR) is 73.6 cm³/mol. The lowest BCUT2D eigenvalue weighted by molar-refractivity contribution is -0.127. The minimum Gasteiger partial charge on any atom is -0.492 e. The SMILES string of the molecule is CC(C)(COc1ccc(C(C)(C)C)cc1)C(N)=O. The fourth-order valence-electron chi connectivity index (χ4n) is 1.39. The fraction of sp³-hybridized carbons (Fsp3) is 0.533. The van der Waals surface area contributed by atoms with Gasteiger partial charge in [0.05, 0.1) is 5.41 Å². The lowest BCUT2D eigenvalue weighted by atomic mass is 9.87. The number of primary amides is 1. The van der Waals surface area contributed by atoms with Crippen LogP contribution < -0.4 is 10.5 Å². The first-order valence-electron chi connectivity index (χ1n) is 6.16. The predicted octanol–water partition coefficient (Wildman–Crippen LogP) is 2.87. The molecule has 1 aromatic rings. The van der Waals surface area contributed by atoms with Crippen molar-refractivity contribution in [3.63, 3.8) is 0 Å².